The fourth-order valence-electron chi connectivity index (χ4n) is 6.79. The Bertz CT molecular complexity index is 1420. The summed E-state index contributed by atoms with van der Waals surface area (Å²) >= 11 is 0. The Morgan fingerprint density at radius 3 is 2.32 bits per heavy atom. The molecule has 12 heteroatoms. The van der Waals surface area contributed by atoms with Crippen molar-refractivity contribution in [2.24, 2.45) is 11.8 Å². The molecule has 1 aliphatic carbocycles. The summed E-state index contributed by atoms with van der Waals surface area (Å²) in [5, 5.41) is 12.7. The van der Waals surface area contributed by atoms with Crippen molar-refractivity contribution in [2.45, 2.75) is 110 Å². The Balaban J connectivity index is 1.54. The average molecular weight is 654 g/mol. The molecule has 3 N–H and O–H groups in total. The number of nitrogens with zero attached hydrogens (tertiary/aromatic N) is 4. The van der Waals surface area contributed by atoms with E-state index in [-0.39, 0.29) is 41.9 Å². The number of benzene rings is 1. The number of carbonyl (C=O) groups is 4. The third-order valence-electron chi connectivity index (χ3n) is 10.1. The van der Waals surface area contributed by atoms with Crippen LogP contribution >= 0.6 is 0 Å². The van der Waals surface area contributed by atoms with Crippen molar-refractivity contribution in [1.82, 2.24) is 30.2 Å². The zero-order chi connectivity index (χ0) is 34.4. The van der Waals surface area contributed by atoms with Gasteiger partial charge in [0.2, 0.25) is 17.7 Å². The summed E-state index contributed by atoms with van der Waals surface area (Å²) < 4.78 is 17.3. The number of likely N-dealkylation sites (N-methyl/N-ethyl adjacent to an activating group) is 1. The SMILES string of the molecule is CCC(=O)N[C@@H](C(=O)N1C[C@@H](C)N(C)C[C@H]1C)[C@@H](C)c1ccc(NC(=O)[C@@H](NC(=O)c2ccnn2CC)C2CCC(C)CC2)c(F)c1. The number of carbonyl (C=O) groups excluding carboxylic acids is 4. The maximum atomic E-state index is 15.7. The van der Waals surface area contributed by atoms with Crippen LogP contribution in [0.5, 0.6) is 0 Å². The van der Waals surface area contributed by atoms with Gasteiger partial charge in [0.05, 0.1) is 5.69 Å². The summed E-state index contributed by atoms with van der Waals surface area (Å²) in [5.74, 6) is -2.11. The topological polar surface area (TPSA) is 129 Å². The second-order valence-electron chi connectivity index (χ2n) is 13.5. The number of piperazine rings is 1. The predicted octanol–water partition coefficient (Wildman–Crippen LogP) is 4.15. The standard InChI is InChI=1S/C35H52FN7O4/c1-8-30(44)39-31(35(47)42-20-22(4)41(7)19-23(42)5)24(6)26-14-15-28(27(36)18-26)38-34(46)32(25-12-10-21(3)11-13-25)40-33(45)29-16-17-37-43(29)9-2/h14-18,21-25,31-32H,8-13,19-20H2,1-7H3,(H,38,46)(H,39,44)(H,40,45)/t21?,22-,23-,24+,25?,31-,32+/m1/s1. The molecule has 2 aromatic rings. The summed E-state index contributed by atoms with van der Waals surface area (Å²) in [6.45, 7) is 13.4. The first-order valence-corrected chi connectivity index (χ1v) is 17.1. The van der Waals surface area contributed by atoms with E-state index in [1.807, 2.05) is 20.9 Å². The number of aryl methyl sites for hydroxylation is 1. The highest BCUT2D eigenvalue weighted by Gasteiger charge is 2.38. The van der Waals surface area contributed by atoms with Crippen LogP contribution in [0.15, 0.2) is 30.5 Å². The normalized spacial score (nSPS) is 23.8. The van der Waals surface area contributed by atoms with E-state index in [4.69, 9.17) is 0 Å². The number of rotatable bonds is 11. The van der Waals surface area contributed by atoms with Gasteiger partial charge < -0.3 is 20.9 Å². The highest BCUT2D eigenvalue weighted by Crippen LogP contribution is 2.32. The van der Waals surface area contributed by atoms with Gasteiger partial charge in [-0.3, -0.25) is 28.8 Å². The van der Waals surface area contributed by atoms with Crippen molar-refractivity contribution in [3.05, 3.63) is 47.5 Å². The largest absolute Gasteiger partial charge is 0.344 e. The molecule has 2 heterocycles. The van der Waals surface area contributed by atoms with Gasteiger partial charge in [0.25, 0.3) is 5.91 Å². The molecular weight excluding hydrogens is 601 g/mol. The first-order valence-electron chi connectivity index (χ1n) is 17.1. The van der Waals surface area contributed by atoms with Crippen LogP contribution in [0.1, 0.15) is 95.6 Å². The fraction of sp³-hybridized carbons (Fsp3) is 0.629. The Kier molecular flexibility index (Phi) is 12.2. The van der Waals surface area contributed by atoms with Crippen molar-refractivity contribution < 1.29 is 23.6 Å². The van der Waals surface area contributed by atoms with Gasteiger partial charge in [-0.25, -0.2) is 4.39 Å². The smallest absolute Gasteiger partial charge is 0.270 e. The van der Waals surface area contributed by atoms with E-state index in [9.17, 15) is 19.2 Å². The molecule has 258 valence electrons. The molecule has 1 saturated carbocycles. The minimum absolute atomic E-state index is 0.0186. The Hall–Kier alpha value is -3.80. The summed E-state index contributed by atoms with van der Waals surface area (Å²) in [7, 11) is 2.03. The van der Waals surface area contributed by atoms with Crippen LogP contribution in [0.4, 0.5) is 10.1 Å². The van der Waals surface area contributed by atoms with Crippen LogP contribution in [0.2, 0.25) is 0 Å². The number of hydrogen-bond donors (Lipinski definition) is 3. The quantitative estimate of drug-likeness (QED) is 0.334. The van der Waals surface area contributed by atoms with Crippen molar-refractivity contribution in [1.29, 1.82) is 0 Å². The maximum Gasteiger partial charge on any atom is 0.270 e. The summed E-state index contributed by atoms with van der Waals surface area (Å²) in [4.78, 5) is 57.4. The summed E-state index contributed by atoms with van der Waals surface area (Å²) in [6, 6.07) is 4.46. The van der Waals surface area contributed by atoms with E-state index >= 15 is 4.39 Å². The lowest BCUT2D eigenvalue weighted by Crippen LogP contribution is -2.61. The van der Waals surface area contributed by atoms with Crippen molar-refractivity contribution in [3.8, 4) is 0 Å². The van der Waals surface area contributed by atoms with Gasteiger partial charge in [-0.15, -0.1) is 0 Å². The van der Waals surface area contributed by atoms with Crippen molar-refractivity contribution in [3.63, 3.8) is 0 Å². The second-order valence-corrected chi connectivity index (χ2v) is 13.5. The number of halogens is 1. The third kappa shape index (κ3) is 8.57. The van der Waals surface area contributed by atoms with E-state index in [0.717, 1.165) is 25.7 Å². The number of hydrogen-bond acceptors (Lipinski definition) is 6. The lowest BCUT2D eigenvalue weighted by atomic mass is 9.79. The summed E-state index contributed by atoms with van der Waals surface area (Å²) in [6.07, 6.45) is 5.19. The molecule has 1 aromatic carbocycles. The van der Waals surface area contributed by atoms with Gasteiger partial charge in [-0.2, -0.15) is 5.10 Å². The van der Waals surface area contributed by atoms with E-state index in [2.05, 4.69) is 39.8 Å². The molecule has 0 radical (unpaired) electrons. The molecule has 2 fully saturated rings. The Morgan fingerprint density at radius 2 is 1.68 bits per heavy atom. The lowest BCUT2D eigenvalue weighted by molar-refractivity contribution is -0.141. The lowest BCUT2D eigenvalue weighted by Gasteiger charge is -2.44. The van der Waals surface area contributed by atoms with Crippen LogP contribution in [0.3, 0.4) is 0 Å². The molecule has 47 heavy (non-hydrogen) atoms. The molecule has 11 nitrogen and oxygen atoms in total. The molecule has 1 aromatic heterocycles. The predicted molar refractivity (Wildman–Crippen MR) is 179 cm³/mol. The van der Waals surface area contributed by atoms with Crippen molar-refractivity contribution >= 4 is 29.3 Å². The van der Waals surface area contributed by atoms with E-state index in [0.29, 0.717) is 36.8 Å². The molecule has 1 aliphatic heterocycles. The molecular formula is C35H52FN7O4. The van der Waals surface area contributed by atoms with Crippen LogP contribution in [-0.2, 0) is 20.9 Å². The zero-order valence-corrected chi connectivity index (χ0v) is 28.9. The Morgan fingerprint density at radius 1 is 0.979 bits per heavy atom. The van der Waals surface area contributed by atoms with Gasteiger partial charge in [-0.1, -0.05) is 39.7 Å². The number of nitrogens with one attached hydrogen (secondary N) is 3. The highest BCUT2D eigenvalue weighted by molar-refractivity contribution is 6.00. The Labute approximate surface area is 278 Å². The van der Waals surface area contributed by atoms with Gasteiger partial charge >= 0.3 is 0 Å². The molecule has 0 spiro atoms. The first kappa shape index (κ1) is 36.0. The molecule has 1 saturated heterocycles. The minimum Gasteiger partial charge on any atom is -0.344 e. The maximum absolute atomic E-state index is 15.7. The molecule has 5 atom stereocenters. The van der Waals surface area contributed by atoms with E-state index < -0.39 is 35.6 Å². The van der Waals surface area contributed by atoms with Crippen LogP contribution in [-0.4, -0.2) is 87.5 Å². The first-order chi connectivity index (χ1) is 22.3. The molecule has 2 aliphatic rings. The summed E-state index contributed by atoms with van der Waals surface area (Å²) in [5.41, 5.74) is 0.859. The van der Waals surface area contributed by atoms with Gasteiger partial charge in [0.15, 0.2) is 0 Å². The molecule has 0 bridgehead atoms. The monoisotopic (exact) mass is 653 g/mol. The highest BCUT2D eigenvalue weighted by atomic mass is 19.1. The molecule has 4 rings (SSSR count). The molecule has 0 unspecified atom stereocenters. The van der Waals surface area contributed by atoms with Gasteiger partial charge in [0.1, 0.15) is 23.6 Å². The molecule has 4 amide bonds. The van der Waals surface area contributed by atoms with E-state index in [1.165, 1.54) is 12.1 Å². The van der Waals surface area contributed by atoms with Crippen molar-refractivity contribution in [2.75, 3.05) is 25.5 Å². The number of anilines is 1. The average Bonchev–Trinajstić information content (AvgIpc) is 3.54. The van der Waals surface area contributed by atoms with Crippen LogP contribution < -0.4 is 16.0 Å². The van der Waals surface area contributed by atoms with Crippen LogP contribution in [0.25, 0.3) is 0 Å². The number of amides is 4. The minimum atomic E-state index is -0.884. The van der Waals surface area contributed by atoms with Gasteiger partial charge in [-0.05, 0) is 76.3 Å². The number of aromatic nitrogens is 2. The zero-order valence-electron chi connectivity index (χ0n) is 28.9. The van der Waals surface area contributed by atoms with Gasteiger partial charge in [0, 0.05) is 50.3 Å². The second kappa shape index (κ2) is 15.9. The van der Waals surface area contributed by atoms with E-state index in [1.54, 1.807) is 41.8 Å². The third-order valence-corrected chi connectivity index (χ3v) is 10.1. The van der Waals surface area contributed by atoms with Crippen LogP contribution in [0, 0.1) is 17.7 Å². The fourth-order valence-corrected chi connectivity index (χ4v) is 6.79.